The van der Waals surface area contributed by atoms with Gasteiger partial charge in [-0.3, -0.25) is 4.98 Å². The summed E-state index contributed by atoms with van der Waals surface area (Å²) in [5, 5.41) is 4.68. The molecular formula is C34H23NOS. The second-order valence-corrected chi connectivity index (χ2v) is 9.66. The number of pyridine rings is 1. The predicted molar refractivity (Wildman–Crippen MR) is 158 cm³/mol. The van der Waals surface area contributed by atoms with Gasteiger partial charge in [0.1, 0.15) is 11.2 Å². The first kappa shape index (κ1) is 21.9. The SMILES string of the molecule is SCc1ccc(-c2ccc3cc(-c4ccc(-c5cccc6c5oc5ccccc56)nc4)ccc3c2)cc1. The van der Waals surface area contributed by atoms with Gasteiger partial charge in [0.25, 0.3) is 0 Å². The largest absolute Gasteiger partial charge is 0.455 e. The maximum atomic E-state index is 6.21. The third kappa shape index (κ3) is 3.89. The molecule has 0 aliphatic heterocycles. The van der Waals surface area contributed by atoms with Gasteiger partial charge in [0, 0.05) is 33.8 Å². The summed E-state index contributed by atoms with van der Waals surface area (Å²) in [6.45, 7) is 0. The van der Waals surface area contributed by atoms with E-state index in [4.69, 9.17) is 9.40 Å². The van der Waals surface area contributed by atoms with Gasteiger partial charge in [0.15, 0.2) is 0 Å². The highest BCUT2D eigenvalue weighted by Gasteiger charge is 2.13. The Labute approximate surface area is 220 Å². The van der Waals surface area contributed by atoms with Crippen LogP contribution < -0.4 is 0 Å². The molecule has 0 spiro atoms. The molecule has 7 rings (SSSR count). The molecule has 7 aromatic rings. The van der Waals surface area contributed by atoms with E-state index in [9.17, 15) is 0 Å². The molecule has 0 unspecified atom stereocenters. The first-order chi connectivity index (χ1) is 18.3. The van der Waals surface area contributed by atoms with Crippen LogP contribution >= 0.6 is 12.6 Å². The van der Waals surface area contributed by atoms with Gasteiger partial charge in [-0.05, 0) is 63.4 Å². The van der Waals surface area contributed by atoms with Crippen LogP contribution in [0, 0.1) is 0 Å². The number of aromatic nitrogens is 1. The molecule has 37 heavy (non-hydrogen) atoms. The van der Waals surface area contributed by atoms with Gasteiger partial charge in [-0.1, -0.05) is 84.9 Å². The van der Waals surface area contributed by atoms with Gasteiger partial charge in [0.2, 0.25) is 0 Å². The van der Waals surface area contributed by atoms with E-state index in [2.05, 4.69) is 110 Å². The van der Waals surface area contributed by atoms with E-state index >= 15 is 0 Å². The first-order valence-electron chi connectivity index (χ1n) is 12.4. The minimum absolute atomic E-state index is 0.756. The number of nitrogens with zero attached hydrogens (tertiary/aromatic N) is 1. The number of rotatable bonds is 4. The number of hydrogen-bond donors (Lipinski definition) is 1. The van der Waals surface area contributed by atoms with Gasteiger partial charge in [0.05, 0.1) is 5.69 Å². The van der Waals surface area contributed by atoms with Crippen molar-refractivity contribution in [2.45, 2.75) is 5.75 Å². The van der Waals surface area contributed by atoms with Crippen molar-refractivity contribution < 1.29 is 4.42 Å². The summed E-state index contributed by atoms with van der Waals surface area (Å²) in [6, 6.07) is 40.5. The molecule has 0 bridgehead atoms. The van der Waals surface area contributed by atoms with Gasteiger partial charge in [-0.15, -0.1) is 0 Å². The Kier molecular flexibility index (Phi) is 5.30. The normalized spacial score (nSPS) is 11.5. The van der Waals surface area contributed by atoms with E-state index in [-0.39, 0.29) is 0 Å². The summed E-state index contributed by atoms with van der Waals surface area (Å²) in [4.78, 5) is 4.83. The van der Waals surface area contributed by atoms with E-state index in [1.165, 1.54) is 27.5 Å². The fourth-order valence-corrected chi connectivity index (χ4v) is 5.29. The van der Waals surface area contributed by atoms with Gasteiger partial charge in [-0.2, -0.15) is 12.6 Å². The number of benzene rings is 5. The number of thiol groups is 1. The lowest BCUT2D eigenvalue weighted by molar-refractivity contribution is 0.670. The van der Waals surface area contributed by atoms with E-state index in [1.807, 2.05) is 24.4 Å². The third-order valence-electron chi connectivity index (χ3n) is 7.09. The molecule has 2 aromatic heterocycles. The quantitative estimate of drug-likeness (QED) is 0.247. The fraction of sp³-hybridized carbons (Fsp3) is 0.0294. The molecule has 3 heteroatoms. The smallest absolute Gasteiger partial charge is 0.144 e. The summed E-state index contributed by atoms with van der Waals surface area (Å²) < 4.78 is 6.21. The highest BCUT2D eigenvalue weighted by Crippen LogP contribution is 2.35. The summed E-state index contributed by atoms with van der Waals surface area (Å²) in [7, 11) is 0. The van der Waals surface area contributed by atoms with Crippen LogP contribution in [0.15, 0.2) is 126 Å². The second-order valence-electron chi connectivity index (χ2n) is 9.34. The summed E-state index contributed by atoms with van der Waals surface area (Å²) in [5.41, 5.74) is 9.60. The summed E-state index contributed by atoms with van der Waals surface area (Å²) in [6.07, 6.45) is 1.95. The van der Waals surface area contributed by atoms with Crippen LogP contribution in [0.3, 0.4) is 0 Å². The van der Waals surface area contributed by atoms with Gasteiger partial charge < -0.3 is 4.42 Å². The average molecular weight is 494 g/mol. The van der Waals surface area contributed by atoms with Crippen molar-refractivity contribution in [3.63, 3.8) is 0 Å². The van der Waals surface area contributed by atoms with Crippen LogP contribution in [0.5, 0.6) is 0 Å². The third-order valence-corrected chi connectivity index (χ3v) is 7.45. The van der Waals surface area contributed by atoms with Crippen molar-refractivity contribution >= 4 is 45.3 Å². The Bertz CT molecular complexity index is 1900. The zero-order chi connectivity index (χ0) is 24.8. The predicted octanol–water partition coefficient (Wildman–Crippen LogP) is 9.56. The maximum Gasteiger partial charge on any atom is 0.144 e. The van der Waals surface area contributed by atoms with E-state index in [0.29, 0.717) is 0 Å². The number of fused-ring (bicyclic) bond motifs is 4. The Morgan fingerprint density at radius 3 is 2.00 bits per heavy atom. The zero-order valence-electron chi connectivity index (χ0n) is 20.1. The molecule has 0 N–H and O–H groups in total. The van der Waals surface area contributed by atoms with E-state index in [1.54, 1.807) is 0 Å². The fourth-order valence-electron chi connectivity index (χ4n) is 5.08. The van der Waals surface area contributed by atoms with Crippen molar-refractivity contribution in [2.24, 2.45) is 0 Å². The highest BCUT2D eigenvalue weighted by molar-refractivity contribution is 7.79. The Balaban J connectivity index is 1.21. The van der Waals surface area contributed by atoms with Crippen molar-refractivity contribution in [3.8, 4) is 33.5 Å². The molecule has 0 fully saturated rings. The van der Waals surface area contributed by atoms with Crippen molar-refractivity contribution in [2.75, 3.05) is 0 Å². The van der Waals surface area contributed by atoms with Gasteiger partial charge >= 0.3 is 0 Å². The Morgan fingerprint density at radius 2 is 1.27 bits per heavy atom. The average Bonchev–Trinajstić information content (AvgIpc) is 3.36. The van der Waals surface area contributed by atoms with Crippen LogP contribution in [0.4, 0.5) is 0 Å². The van der Waals surface area contributed by atoms with E-state index in [0.717, 1.165) is 50.1 Å². The Hall–Kier alpha value is -4.34. The van der Waals surface area contributed by atoms with E-state index < -0.39 is 0 Å². The number of hydrogen-bond acceptors (Lipinski definition) is 3. The number of para-hydroxylation sites is 2. The minimum Gasteiger partial charge on any atom is -0.455 e. The molecule has 0 aliphatic rings. The van der Waals surface area contributed by atoms with Crippen LogP contribution in [-0.2, 0) is 5.75 Å². The number of furan rings is 1. The van der Waals surface area contributed by atoms with Crippen LogP contribution in [0.2, 0.25) is 0 Å². The standard InChI is InChI=1S/C34H23NOS/c37-21-22-8-10-23(11-9-22)24-12-13-26-19-27(15-14-25(26)18-24)28-16-17-32(35-20-28)31-6-3-5-30-29-4-1-2-7-33(29)36-34(30)31/h1-20,37H,21H2. The maximum absolute atomic E-state index is 6.21. The molecular weight excluding hydrogens is 470 g/mol. The van der Waals surface area contributed by atoms with Crippen molar-refractivity contribution in [1.82, 2.24) is 4.98 Å². The topological polar surface area (TPSA) is 26.0 Å². The summed E-state index contributed by atoms with van der Waals surface area (Å²) >= 11 is 4.36. The molecule has 176 valence electrons. The molecule has 5 aromatic carbocycles. The molecule has 0 saturated heterocycles. The lowest BCUT2D eigenvalue weighted by Gasteiger charge is -2.08. The highest BCUT2D eigenvalue weighted by atomic mass is 32.1. The van der Waals surface area contributed by atoms with Crippen molar-refractivity contribution in [1.29, 1.82) is 0 Å². The summed E-state index contributed by atoms with van der Waals surface area (Å²) in [5.74, 6) is 0.756. The first-order valence-corrected chi connectivity index (χ1v) is 13.0. The van der Waals surface area contributed by atoms with Crippen LogP contribution in [0.25, 0.3) is 66.2 Å². The molecule has 2 heterocycles. The lowest BCUT2D eigenvalue weighted by atomic mass is 9.97. The van der Waals surface area contributed by atoms with Crippen LogP contribution in [-0.4, -0.2) is 4.98 Å². The minimum atomic E-state index is 0.756. The Morgan fingerprint density at radius 1 is 0.595 bits per heavy atom. The molecule has 2 nitrogen and oxygen atoms in total. The molecule has 0 radical (unpaired) electrons. The van der Waals surface area contributed by atoms with Gasteiger partial charge in [-0.25, -0.2) is 0 Å². The monoisotopic (exact) mass is 493 g/mol. The van der Waals surface area contributed by atoms with Crippen LogP contribution in [0.1, 0.15) is 5.56 Å². The van der Waals surface area contributed by atoms with Crippen molar-refractivity contribution in [3.05, 3.63) is 127 Å². The molecule has 0 amide bonds. The lowest BCUT2D eigenvalue weighted by Crippen LogP contribution is -1.86. The second kappa shape index (κ2) is 8.95. The molecule has 0 aliphatic carbocycles. The molecule has 0 atom stereocenters. The molecule has 0 saturated carbocycles. The zero-order valence-corrected chi connectivity index (χ0v) is 21.0.